The van der Waals surface area contributed by atoms with E-state index in [9.17, 15) is 14.4 Å². The third-order valence-corrected chi connectivity index (χ3v) is 5.70. The smallest absolute Gasteiger partial charge is 0.307 e. The summed E-state index contributed by atoms with van der Waals surface area (Å²) in [7, 11) is 0. The van der Waals surface area contributed by atoms with Crippen molar-refractivity contribution in [3.05, 3.63) is 79.3 Å². The number of carbonyl (C=O) groups is 1. The van der Waals surface area contributed by atoms with Gasteiger partial charge in [-0.2, -0.15) is 0 Å². The molecule has 8 heteroatoms. The van der Waals surface area contributed by atoms with E-state index >= 15 is 0 Å². The second-order valence-corrected chi connectivity index (χ2v) is 7.91. The zero-order valence-electron chi connectivity index (χ0n) is 16.8. The number of carbonyl (C=O) groups excluding carboxylic acids is 1. The molecule has 0 radical (unpaired) electrons. The van der Waals surface area contributed by atoms with E-state index in [0.29, 0.717) is 21.6 Å². The summed E-state index contributed by atoms with van der Waals surface area (Å²) in [6.07, 6.45) is 0. The summed E-state index contributed by atoms with van der Waals surface area (Å²) < 4.78 is 1.12. The molecule has 0 saturated heterocycles. The Morgan fingerprint density at radius 1 is 1.17 bits per heavy atom. The molecule has 0 aliphatic rings. The molecule has 0 aliphatic carbocycles. The van der Waals surface area contributed by atoms with Crippen molar-refractivity contribution in [3.63, 3.8) is 0 Å². The second kappa shape index (κ2) is 7.72. The van der Waals surface area contributed by atoms with E-state index in [1.807, 2.05) is 31.4 Å². The van der Waals surface area contributed by atoms with Gasteiger partial charge in [0.15, 0.2) is 5.13 Å². The number of fused-ring (bicyclic) bond motifs is 1. The van der Waals surface area contributed by atoms with Crippen LogP contribution in [-0.4, -0.2) is 20.4 Å². The van der Waals surface area contributed by atoms with Gasteiger partial charge in [0, 0.05) is 23.1 Å². The zero-order chi connectivity index (χ0) is 21.4. The van der Waals surface area contributed by atoms with Gasteiger partial charge in [-0.1, -0.05) is 23.8 Å². The van der Waals surface area contributed by atoms with Crippen molar-refractivity contribution >= 4 is 33.3 Å². The van der Waals surface area contributed by atoms with E-state index in [4.69, 9.17) is 0 Å². The molecule has 0 fully saturated rings. The first kappa shape index (κ1) is 19.8. The number of H-pyrrole nitrogens is 1. The zero-order valence-corrected chi connectivity index (χ0v) is 17.6. The van der Waals surface area contributed by atoms with Gasteiger partial charge in [0.05, 0.1) is 16.6 Å². The predicted molar refractivity (Wildman–Crippen MR) is 119 cm³/mol. The summed E-state index contributed by atoms with van der Waals surface area (Å²) in [5, 5.41) is 5.53. The van der Waals surface area contributed by atoms with Crippen LogP contribution in [0.1, 0.15) is 28.4 Å². The first-order valence-corrected chi connectivity index (χ1v) is 10.4. The maximum Gasteiger partial charge on any atom is 0.328 e. The summed E-state index contributed by atoms with van der Waals surface area (Å²) in [5.74, 6) is -0.362. The molecule has 0 aliphatic heterocycles. The predicted octanol–water partition coefficient (Wildman–Crippen LogP) is 3.70. The summed E-state index contributed by atoms with van der Waals surface area (Å²) in [5.41, 5.74) is 3.91. The summed E-state index contributed by atoms with van der Waals surface area (Å²) in [6.45, 7) is 6.07. The van der Waals surface area contributed by atoms with Crippen LogP contribution in [0.4, 0.5) is 5.13 Å². The molecular weight excluding hydrogens is 400 g/mol. The van der Waals surface area contributed by atoms with Gasteiger partial charge >= 0.3 is 5.69 Å². The topological polar surface area (TPSA) is 96.8 Å². The standard InChI is InChI=1S/C22H20N4O3S/c1-4-26-20(28)16-8-6-14(10-17(16)24-22(26)29)19(27)25-21-23-18(11-30-21)15-7-5-12(2)9-13(15)3/h5-11H,4H2,1-3H3,(H,24,29)(H,23,25,27). The molecule has 4 aromatic rings. The maximum atomic E-state index is 12.7. The van der Waals surface area contributed by atoms with Gasteiger partial charge < -0.3 is 4.98 Å². The number of amides is 1. The highest BCUT2D eigenvalue weighted by atomic mass is 32.1. The molecule has 0 unspecified atom stereocenters. The summed E-state index contributed by atoms with van der Waals surface area (Å²) in [4.78, 5) is 44.3. The van der Waals surface area contributed by atoms with Crippen LogP contribution < -0.4 is 16.6 Å². The summed E-state index contributed by atoms with van der Waals surface area (Å²) in [6, 6.07) is 10.8. The van der Waals surface area contributed by atoms with Crippen molar-refractivity contribution in [2.24, 2.45) is 0 Å². The van der Waals surface area contributed by atoms with Crippen LogP contribution in [0.15, 0.2) is 51.4 Å². The highest BCUT2D eigenvalue weighted by Gasteiger charge is 2.13. The quantitative estimate of drug-likeness (QED) is 0.526. The van der Waals surface area contributed by atoms with Crippen molar-refractivity contribution in [2.45, 2.75) is 27.3 Å². The van der Waals surface area contributed by atoms with E-state index in [1.54, 1.807) is 19.1 Å². The number of nitrogens with one attached hydrogen (secondary N) is 2. The lowest BCUT2D eigenvalue weighted by molar-refractivity contribution is 0.102. The highest BCUT2D eigenvalue weighted by molar-refractivity contribution is 7.14. The first-order chi connectivity index (χ1) is 14.4. The fourth-order valence-electron chi connectivity index (χ4n) is 3.41. The van der Waals surface area contributed by atoms with Gasteiger partial charge in [-0.3, -0.25) is 19.5 Å². The van der Waals surface area contributed by atoms with Gasteiger partial charge in [-0.05, 0) is 44.5 Å². The molecule has 0 saturated carbocycles. The molecule has 0 spiro atoms. The number of aromatic amines is 1. The van der Waals surface area contributed by atoms with Gasteiger partial charge in [-0.15, -0.1) is 11.3 Å². The van der Waals surface area contributed by atoms with Crippen LogP contribution in [0, 0.1) is 13.8 Å². The Morgan fingerprint density at radius 2 is 1.97 bits per heavy atom. The van der Waals surface area contributed by atoms with Gasteiger partial charge in [0.1, 0.15) is 0 Å². The molecule has 152 valence electrons. The molecular formula is C22H20N4O3S. The maximum absolute atomic E-state index is 12.7. The SMILES string of the molecule is CCn1c(=O)[nH]c2cc(C(=O)Nc3nc(-c4ccc(C)cc4C)cs3)ccc2c1=O. The molecule has 2 heterocycles. The number of hydrogen-bond acceptors (Lipinski definition) is 5. The average Bonchev–Trinajstić information content (AvgIpc) is 3.16. The second-order valence-electron chi connectivity index (χ2n) is 7.05. The number of rotatable bonds is 4. The van der Waals surface area contributed by atoms with Crippen molar-refractivity contribution < 1.29 is 4.79 Å². The summed E-state index contributed by atoms with van der Waals surface area (Å²) >= 11 is 1.34. The number of aryl methyl sites for hydroxylation is 2. The lowest BCUT2D eigenvalue weighted by Gasteiger charge is -2.06. The van der Waals surface area contributed by atoms with Crippen molar-refractivity contribution in [3.8, 4) is 11.3 Å². The molecule has 0 bridgehead atoms. The normalized spacial score (nSPS) is 11.0. The van der Waals surface area contributed by atoms with Crippen LogP contribution >= 0.6 is 11.3 Å². The minimum atomic E-state index is -0.495. The lowest BCUT2D eigenvalue weighted by Crippen LogP contribution is -2.34. The third-order valence-electron chi connectivity index (χ3n) is 4.94. The number of anilines is 1. The van der Waals surface area contributed by atoms with Gasteiger partial charge in [-0.25, -0.2) is 9.78 Å². The van der Waals surface area contributed by atoms with Gasteiger partial charge in [0.25, 0.3) is 11.5 Å². The Morgan fingerprint density at radius 3 is 2.70 bits per heavy atom. The van der Waals surface area contributed by atoms with E-state index in [1.165, 1.54) is 23.0 Å². The third kappa shape index (κ3) is 3.57. The van der Waals surface area contributed by atoms with Crippen molar-refractivity contribution in [1.29, 1.82) is 0 Å². The average molecular weight is 420 g/mol. The molecule has 2 N–H and O–H groups in total. The largest absolute Gasteiger partial charge is 0.328 e. The van der Waals surface area contributed by atoms with Gasteiger partial charge in [0.2, 0.25) is 0 Å². The Kier molecular flexibility index (Phi) is 5.09. The molecule has 1 amide bonds. The Bertz CT molecular complexity index is 1400. The van der Waals surface area contributed by atoms with Crippen LogP contribution in [0.5, 0.6) is 0 Å². The lowest BCUT2D eigenvalue weighted by atomic mass is 10.0. The van der Waals surface area contributed by atoms with Crippen LogP contribution in [0.3, 0.4) is 0 Å². The molecule has 2 aromatic carbocycles. The minimum Gasteiger partial charge on any atom is -0.307 e. The number of thiazole rings is 1. The highest BCUT2D eigenvalue weighted by Crippen LogP contribution is 2.28. The Labute approximate surface area is 176 Å². The molecule has 7 nitrogen and oxygen atoms in total. The number of aromatic nitrogens is 3. The molecule has 30 heavy (non-hydrogen) atoms. The van der Waals surface area contributed by atoms with E-state index < -0.39 is 5.69 Å². The monoisotopic (exact) mass is 420 g/mol. The number of benzene rings is 2. The first-order valence-electron chi connectivity index (χ1n) is 9.48. The van der Waals surface area contributed by atoms with Crippen LogP contribution in [0.2, 0.25) is 0 Å². The minimum absolute atomic E-state index is 0.277. The van der Waals surface area contributed by atoms with E-state index in [-0.39, 0.29) is 18.0 Å². The van der Waals surface area contributed by atoms with Crippen molar-refractivity contribution in [2.75, 3.05) is 5.32 Å². The Hall–Kier alpha value is -3.52. The fourth-order valence-corrected chi connectivity index (χ4v) is 4.11. The van der Waals surface area contributed by atoms with E-state index in [0.717, 1.165) is 21.4 Å². The van der Waals surface area contributed by atoms with E-state index in [2.05, 4.69) is 21.4 Å². The van der Waals surface area contributed by atoms with Crippen LogP contribution in [0.25, 0.3) is 22.2 Å². The molecule has 0 atom stereocenters. The van der Waals surface area contributed by atoms with Crippen molar-refractivity contribution in [1.82, 2.24) is 14.5 Å². The number of nitrogens with zero attached hydrogens (tertiary/aromatic N) is 2. The Balaban J connectivity index is 1.61. The fraction of sp³-hybridized carbons (Fsp3) is 0.182. The number of hydrogen-bond donors (Lipinski definition) is 2. The molecule has 4 rings (SSSR count). The molecule has 2 aromatic heterocycles. The van der Waals surface area contributed by atoms with Crippen LogP contribution in [-0.2, 0) is 6.54 Å².